The summed E-state index contributed by atoms with van der Waals surface area (Å²) in [5, 5.41) is 9.63. The van der Waals surface area contributed by atoms with E-state index < -0.39 is 5.97 Å². The monoisotopic (exact) mass is 472 g/mol. The summed E-state index contributed by atoms with van der Waals surface area (Å²) in [6.07, 6.45) is 0. The van der Waals surface area contributed by atoms with Gasteiger partial charge in [0.25, 0.3) is 0 Å². The summed E-state index contributed by atoms with van der Waals surface area (Å²) in [6, 6.07) is 11.6. The van der Waals surface area contributed by atoms with Crippen molar-refractivity contribution in [2.75, 3.05) is 32.8 Å². The van der Waals surface area contributed by atoms with Crippen LogP contribution in [-0.2, 0) is 9.53 Å². The van der Waals surface area contributed by atoms with Gasteiger partial charge >= 0.3 is 5.97 Å². The highest BCUT2D eigenvalue weighted by Gasteiger charge is 2.34. The first-order valence-corrected chi connectivity index (χ1v) is 12.1. The fraction of sp³-hybridized carbons (Fsp3) is 0.519. The Hall–Kier alpha value is -1.92. The Morgan fingerprint density at radius 3 is 2.48 bits per heavy atom. The molecule has 0 bridgehead atoms. The van der Waals surface area contributed by atoms with Crippen LogP contribution in [0.5, 0.6) is 0 Å². The van der Waals surface area contributed by atoms with E-state index in [1.54, 1.807) is 0 Å². The normalized spacial score (nSPS) is 19.4. The lowest BCUT2D eigenvalue weighted by atomic mass is 9.88. The molecule has 0 amide bonds. The summed E-state index contributed by atoms with van der Waals surface area (Å²) in [7, 11) is 0. The first kappa shape index (κ1) is 25.7. The predicted octanol–water partition coefficient (Wildman–Crippen LogP) is 5.16. The summed E-state index contributed by atoms with van der Waals surface area (Å²) in [4.78, 5) is 15.8. The lowest BCUT2D eigenvalue weighted by Gasteiger charge is -2.46. The highest BCUT2D eigenvalue weighted by molar-refractivity contribution is 6.31. The molecule has 0 saturated carbocycles. The Balaban J connectivity index is 1.88. The smallest absolute Gasteiger partial charge is 0.329 e. The molecule has 33 heavy (non-hydrogen) atoms. The second kappa shape index (κ2) is 11.0. The molecular formula is C27H37ClN2O3. The van der Waals surface area contributed by atoms with Gasteiger partial charge in [0.2, 0.25) is 0 Å². The average Bonchev–Trinajstić information content (AvgIpc) is 2.76. The molecule has 1 N–H and O–H groups in total. The van der Waals surface area contributed by atoms with Crippen molar-refractivity contribution in [3.8, 4) is 0 Å². The first-order valence-electron chi connectivity index (χ1n) is 11.7. The van der Waals surface area contributed by atoms with Crippen LogP contribution >= 0.6 is 11.6 Å². The van der Waals surface area contributed by atoms with Gasteiger partial charge in [-0.05, 0) is 81.0 Å². The fourth-order valence-electron chi connectivity index (χ4n) is 4.87. The van der Waals surface area contributed by atoms with Crippen LogP contribution in [-0.4, -0.2) is 65.8 Å². The van der Waals surface area contributed by atoms with Gasteiger partial charge in [-0.2, -0.15) is 0 Å². The number of aryl methyl sites for hydroxylation is 2. The number of piperazine rings is 1. The van der Waals surface area contributed by atoms with Crippen LogP contribution in [0.1, 0.15) is 53.3 Å². The number of hydrogen-bond donors (Lipinski definition) is 1. The number of carbonyl (C=O) groups is 1. The van der Waals surface area contributed by atoms with Crippen molar-refractivity contribution < 1.29 is 14.6 Å². The molecule has 5 nitrogen and oxygen atoms in total. The largest absolute Gasteiger partial charge is 0.480 e. The molecule has 1 aliphatic heterocycles. The molecule has 3 unspecified atom stereocenters. The SMILES string of the molecule is Cc1cc(C(c2ccc(C)c(C)c2C)N2CCN(C(C)COCC(=O)O)CC2C)ccc1Cl. The van der Waals surface area contributed by atoms with E-state index in [9.17, 15) is 4.79 Å². The maximum Gasteiger partial charge on any atom is 0.329 e. The summed E-state index contributed by atoms with van der Waals surface area (Å²) in [5.41, 5.74) is 7.71. The van der Waals surface area contributed by atoms with Gasteiger partial charge in [-0.15, -0.1) is 0 Å². The molecule has 6 heteroatoms. The Morgan fingerprint density at radius 1 is 1.12 bits per heavy atom. The van der Waals surface area contributed by atoms with Crippen molar-refractivity contribution in [2.24, 2.45) is 0 Å². The fourth-order valence-corrected chi connectivity index (χ4v) is 4.98. The first-order chi connectivity index (χ1) is 15.6. The number of hydrogen-bond acceptors (Lipinski definition) is 4. The van der Waals surface area contributed by atoms with Crippen molar-refractivity contribution in [1.82, 2.24) is 9.80 Å². The van der Waals surface area contributed by atoms with E-state index in [4.69, 9.17) is 21.4 Å². The summed E-state index contributed by atoms with van der Waals surface area (Å²) in [5.74, 6) is -0.926. The zero-order valence-electron chi connectivity index (χ0n) is 20.7. The van der Waals surface area contributed by atoms with Crippen LogP contribution in [0.2, 0.25) is 5.02 Å². The minimum Gasteiger partial charge on any atom is -0.480 e. The molecule has 180 valence electrons. The maximum atomic E-state index is 10.8. The Kier molecular flexibility index (Phi) is 8.57. The van der Waals surface area contributed by atoms with Gasteiger partial charge < -0.3 is 9.84 Å². The molecule has 0 aliphatic carbocycles. The molecule has 1 fully saturated rings. The van der Waals surface area contributed by atoms with E-state index in [2.05, 4.69) is 75.6 Å². The van der Waals surface area contributed by atoms with Crippen molar-refractivity contribution in [3.63, 3.8) is 0 Å². The van der Waals surface area contributed by atoms with Gasteiger partial charge in [-0.1, -0.05) is 35.9 Å². The number of carboxylic acids is 1. The van der Waals surface area contributed by atoms with E-state index in [-0.39, 0.29) is 18.7 Å². The van der Waals surface area contributed by atoms with Crippen molar-refractivity contribution in [1.29, 1.82) is 0 Å². The molecule has 1 saturated heterocycles. The van der Waals surface area contributed by atoms with Gasteiger partial charge in [0.15, 0.2) is 0 Å². The third-order valence-electron chi connectivity index (χ3n) is 7.14. The zero-order chi connectivity index (χ0) is 24.3. The molecule has 3 atom stereocenters. The molecule has 0 radical (unpaired) electrons. The van der Waals surface area contributed by atoms with E-state index in [1.165, 1.54) is 27.8 Å². The van der Waals surface area contributed by atoms with Crippen LogP contribution in [0.25, 0.3) is 0 Å². The topological polar surface area (TPSA) is 53.0 Å². The van der Waals surface area contributed by atoms with Gasteiger partial charge in [0.1, 0.15) is 6.61 Å². The zero-order valence-corrected chi connectivity index (χ0v) is 21.4. The van der Waals surface area contributed by atoms with Crippen molar-refractivity contribution in [3.05, 3.63) is 68.7 Å². The average molecular weight is 473 g/mol. The molecule has 0 spiro atoms. The standard InChI is InChI=1S/C27H37ClN2O3/c1-17-7-9-24(22(6)21(17)5)27(23-8-10-25(28)18(2)13-23)30-12-11-29(14-19(30)3)20(4)15-33-16-26(31)32/h7-10,13,19-20,27H,11-12,14-16H2,1-6H3,(H,31,32). The van der Waals surface area contributed by atoms with Crippen LogP contribution in [0.15, 0.2) is 30.3 Å². The second-order valence-electron chi connectivity index (χ2n) is 9.47. The molecule has 0 aromatic heterocycles. The lowest BCUT2D eigenvalue weighted by Crippen LogP contribution is -2.56. The number of halogens is 1. The highest BCUT2D eigenvalue weighted by Crippen LogP contribution is 2.36. The number of ether oxygens (including phenoxy) is 1. The molecule has 3 rings (SSSR count). The van der Waals surface area contributed by atoms with Crippen LogP contribution in [0, 0.1) is 27.7 Å². The van der Waals surface area contributed by atoms with Crippen molar-refractivity contribution in [2.45, 2.75) is 59.7 Å². The quantitative estimate of drug-likeness (QED) is 0.575. The predicted molar refractivity (Wildman–Crippen MR) is 134 cm³/mol. The van der Waals surface area contributed by atoms with Crippen LogP contribution in [0.3, 0.4) is 0 Å². The number of rotatable bonds is 8. The number of carboxylic acid groups (broad SMARTS) is 1. The number of benzene rings is 2. The van der Waals surface area contributed by atoms with E-state index in [1.807, 2.05) is 6.07 Å². The lowest BCUT2D eigenvalue weighted by molar-refractivity contribution is -0.142. The molecule has 1 aliphatic rings. The van der Waals surface area contributed by atoms with Crippen molar-refractivity contribution >= 4 is 17.6 Å². The highest BCUT2D eigenvalue weighted by atomic mass is 35.5. The molecule has 1 heterocycles. The van der Waals surface area contributed by atoms with Gasteiger partial charge in [0, 0.05) is 36.7 Å². The Morgan fingerprint density at radius 2 is 1.85 bits per heavy atom. The van der Waals surface area contributed by atoms with E-state index in [0.717, 1.165) is 30.2 Å². The summed E-state index contributed by atoms with van der Waals surface area (Å²) >= 11 is 6.37. The summed E-state index contributed by atoms with van der Waals surface area (Å²) in [6.45, 7) is 16.0. The van der Waals surface area contributed by atoms with E-state index in [0.29, 0.717) is 12.6 Å². The number of aliphatic carboxylic acids is 1. The van der Waals surface area contributed by atoms with Gasteiger partial charge in [-0.3, -0.25) is 9.80 Å². The van der Waals surface area contributed by atoms with Crippen LogP contribution < -0.4 is 0 Å². The molecular weight excluding hydrogens is 436 g/mol. The van der Waals surface area contributed by atoms with Gasteiger partial charge in [0.05, 0.1) is 12.6 Å². The minimum absolute atomic E-state index is 0.149. The molecule has 2 aromatic rings. The Bertz CT molecular complexity index is 994. The molecule has 2 aromatic carbocycles. The summed E-state index contributed by atoms with van der Waals surface area (Å²) < 4.78 is 5.36. The van der Waals surface area contributed by atoms with Crippen LogP contribution in [0.4, 0.5) is 0 Å². The number of nitrogens with zero attached hydrogens (tertiary/aromatic N) is 2. The minimum atomic E-state index is -0.926. The third kappa shape index (κ3) is 5.96. The maximum absolute atomic E-state index is 10.8. The van der Waals surface area contributed by atoms with Gasteiger partial charge in [-0.25, -0.2) is 4.79 Å². The third-order valence-corrected chi connectivity index (χ3v) is 7.57. The second-order valence-corrected chi connectivity index (χ2v) is 9.88. The van der Waals surface area contributed by atoms with E-state index >= 15 is 0 Å². The Labute approximate surface area is 203 Å².